The smallest absolute Gasteiger partial charge is 0.274 e. The van der Waals surface area contributed by atoms with Gasteiger partial charge in [0.15, 0.2) is 0 Å². The van der Waals surface area contributed by atoms with Gasteiger partial charge in [0.2, 0.25) is 0 Å². The fourth-order valence-corrected chi connectivity index (χ4v) is 4.61. The highest BCUT2D eigenvalue weighted by atomic mass is 16.5. The molecule has 6 nitrogen and oxygen atoms in total. The number of aromatic nitrogens is 2. The van der Waals surface area contributed by atoms with E-state index >= 15 is 0 Å². The summed E-state index contributed by atoms with van der Waals surface area (Å²) in [5.74, 6) is 0.488. The summed E-state index contributed by atoms with van der Waals surface area (Å²) in [4.78, 5) is 26.3. The monoisotopic (exact) mass is 422 g/mol. The maximum Gasteiger partial charge on any atom is 0.274 e. The fraction of sp³-hybridized carbons (Fsp3) is 0.560. The Kier molecular flexibility index (Phi) is 7.30. The Bertz CT molecular complexity index is 856. The van der Waals surface area contributed by atoms with E-state index in [2.05, 4.69) is 46.1 Å². The lowest BCUT2D eigenvalue weighted by molar-refractivity contribution is 0.0440. The number of aryl methyl sites for hydroxylation is 2. The van der Waals surface area contributed by atoms with Crippen molar-refractivity contribution >= 4 is 5.91 Å². The number of benzene rings is 1. The summed E-state index contributed by atoms with van der Waals surface area (Å²) in [6.45, 7) is 9.45. The normalized spacial score (nSPS) is 20.1. The highest BCUT2D eigenvalue weighted by Gasteiger charge is 2.28. The van der Waals surface area contributed by atoms with E-state index in [4.69, 9.17) is 4.74 Å². The predicted octanol–water partition coefficient (Wildman–Crippen LogP) is 3.63. The van der Waals surface area contributed by atoms with Gasteiger partial charge in [-0.2, -0.15) is 0 Å². The van der Waals surface area contributed by atoms with Crippen LogP contribution in [0.2, 0.25) is 0 Å². The molecule has 1 aromatic carbocycles. The van der Waals surface area contributed by atoms with Gasteiger partial charge in [-0.3, -0.25) is 14.7 Å². The quantitative estimate of drug-likeness (QED) is 0.682. The number of hydrogen-bond donors (Lipinski definition) is 0. The van der Waals surface area contributed by atoms with Gasteiger partial charge < -0.3 is 9.64 Å². The Morgan fingerprint density at radius 3 is 2.58 bits per heavy atom. The maximum absolute atomic E-state index is 13.2. The van der Waals surface area contributed by atoms with Crippen LogP contribution in [-0.4, -0.2) is 64.6 Å². The average molecular weight is 423 g/mol. The van der Waals surface area contributed by atoms with Gasteiger partial charge >= 0.3 is 0 Å². The van der Waals surface area contributed by atoms with E-state index in [1.54, 1.807) is 12.4 Å². The van der Waals surface area contributed by atoms with Gasteiger partial charge in [-0.15, -0.1) is 0 Å². The number of hydrogen-bond acceptors (Lipinski definition) is 5. The molecule has 2 aliphatic heterocycles. The molecule has 4 rings (SSSR count). The minimum Gasteiger partial charge on any atom is -0.376 e. The van der Waals surface area contributed by atoms with Crippen LogP contribution >= 0.6 is 0 Å². The first-order valence-corrected chi connectivity index (χ1v) is 11.5. The highest BCUT2D eigenvalue weighted by Crippen LogP contribution is 2.23. The number of ether oxygens (including phenoxy) is 1. The Morgan fingerprint density at radius 1 is 1.10 bits per heavy atom. The van der Waals surface area contributed by atoms with Gasteiger partial charge in [-0.1, -0.05) is 24.3 Å². The number of piperidine rings is 1. The summed E-state index contributed by atoms with van der Waals surface area (Å²) in [5, 5.41) is 0. The van der Waals surface area contributed by atoms with E-state index < -0.39 is 0 Å². The maximum atomic E-state index is 13.2. The van der Waals surface area contributed by atoms with Crippen LogP contribution in [0.15, 0.2) is 36.7 Å². The van der Waals surface area contributed by atoms with Gasteiger partial charge in [0.05, 0.1) is 18.0 Å². The zero-order chi connectivity index (χ0) is 21.6. The van der Waals surface area contributed by atoms with Crippen molar-refractivity contribution < 1.29 is 9.53 Å². The number of rotatable bonds is 7. The summed E-state index contributed by atoms with van der Waals surface area (Å²) in [5.41, 5.74) is 4.02. The van der Waals surface area contributed by atoms with Crippen LogP contribution in [0.4, 0.5) is 0 Å². The lowest BCUT2D eigenvalue weighted by atomic mass is 9.95. The zero-order valence-electron chi connectivity index (χ0n) is 18.8. The Hall–Kier alpha value is -2.31. The van der Waals surface area contributed by atoms with E-state index in [9.17, 15) is 4.79 Å². The van der Waals surface area contributed by atoms with Crippen LogP contribution < -0.4 is 0 Å². The molecule has 1 unspecified atom stereocenters. The minimum absolute atomic E-state index is 0.0228. The van der Waals surface area contributed by atoms with Crippen LogP contribution in [0.3, 0.4) is 0 Å². The van der Waals surface area contributed by atoms with E-state index in [0.29, 0.717) is 18.2 Å². The SMILES string of the molecule is Cc1cnc(C(=O)N(CC2CCN(Cc3ccccc3C)CC2)CC2CCCO2)cn1. The molecule has 1 atom stereocenters. The first-order valence-electron chi connectivity index (χ1n) is 11.5. The first kappa shape index (κ1) is 21.9. The molecule has 0 saturated carbocycles. The summed E-state index contributed by atoms with van der Waals surface area (Å²) >= 11 is 0. The first-order chi connectivity index (χ1) is 15.1. The van der Waals surface area contributed by atoms with Crippen molar-refractivity contribution in [2.24, 2.45) is 5.92 Å². The molecule has 0 bridgehead atoms. The molecule has 0 aliphatic carbocycles. The molecule has 31 heavy (non-hydrogen) atoms. The lowest BCUT2D eigenvalue weighted by Crippen LogP contribution is -2.43. The van der Waals surface area contributed by atoms with Gasteiger partial charge in [0.1, 0.15) is 5.69 Å². The second-order valence-electron chi connectivity index (χ2n) is 9.03. The Labute approximate surface area is 185 Å². The molecular weight excluding hydrogens is 388 g/mol. The van der Waals surface area contributed by atoms with Crippen molar-refractivity contribution in [3.8, 4) is 0 Å². The third kappa shape index (κ3) is 5.89. The largest absolute Gasteiger partial charge is 0.376 e. The molecule has 6 heteroatoms. The number of amides is 1. The molecule has 2 fully saturated rings. The highest BCUT2D eigenvalue weighted by molar-refractivity contribution is 5.92. The van der Waals surface area contributed by atoms with E-state index in [1.807, 2.05) is 11.8 Å². The van der Waals surface area contributed by atoms with Crippen LogP contribution in [-0.2, 0) is 11.3 Å². The minimum atomic E-state index is -0.0228. The summed E-state index contributed by atoms with van der Waals surface area (Å²) in [7, 11) is 0. The summed E-state index contributed by atoms with van der Waals surface area (Å²) in [6, 6.07) is 8.64. The second-order valence-corrected chi connectivity index (χ2v) is 9.03. The summed E-state index contributed by atoms with van der Waals surface area (Å²) < 4.78 is 5.83. The van der Waals surface area contributed by atoms with E-state index in [-0.39, 0.29) is 12.0 Å². The Morgan fingerprint density at radius 2 is 1.90 bits per heavy atom. The predicted molar refractivity (Wildman–Crippen MR) is 121 cm³/mol. The molecule has 1 amide bonds. The summed E-state index contributed by atoms with van der Waals surface area (Å²) in [6.07, 6.45) is 7.74. The lowest BCUT2D eigenvalue weighted by Gasteiger charge is -2.35. The van der Waals surface area contributed by atoms with Crippen LogP contribution in [0.5, 0.6) is 0 Å². The molecular formula is C25H34N4O2. The van der Waals surface area contributed by atoms with Gasteiger partial charge in [-0.05, 0) is 69.7 Å². The molecule has 0 radical (unpaired) electrons. The molecule has 1 aromatic heterocycles. The molecule has 0 N–H and O–H groups in total. The van der Waals surface area contributed by atoms with Crippen molar-refractivity contribution in [3.63, 3.8) is 0 Å². The number of carbonyl (C=O) groups excluding carboxylic acids is 1. The van der Waals surface area contributed by atoms with Crippen LogP contribution in [0.25, 0.3) is 0 Å². The van der Waals surface area contributed by atoms with Gasteiger partial charge in [0.25, 0.3) is 5.91 Å². The van der Waals surface area contributed by atoms with Crippen molar-refractivity contribution in [1.82, 2.24) is 19.8 Å². The van der Waals surface area contributed by atoms with Crippen molar-refractivity contribution in [1.29, 1.82) is 0 Å². The molecule has 2 saturated heterocycles. The third-order valence-corrected chi connectivity index (χ3v) is 6.58. The molecule has 166 valence electrons. The van der Waals surface area contributed by atoms with E-state index in [0.717, 1.165) is 64.2 Å². The van der Waals surface area contributed by atoms with Gasteiger partial charge in [-0.25, -0.2) is 4.98 Å². The van der Waals surface area contributed by atoms with Crippen molar-refractivity contribution in [2.75, 3.05) is 32.8 Å². The molecule has 3 heterocycles. The van der Waals surface area contributed by atoms with Crippen molar-refractivity contribution in [2.45, 2.75) is 52.2 Å². The number of carbonyl (C=O) groups is 1. The molecule has 0 spiro atoms. The van der Waals surface area contributed by atoms with Crippen molar-refractivity contribution in [3.05, 3.63) is 59.2 Å². The Balaban J connectivity index is 1.36. The number of nitrogens with zero attached hydrogens (tertiary/aromatic N) is 4. The van der Waals surface area contributed by atoms with Gasteiger partial charge in [0, 0.05) is 32.4 Å². The second kappa shape index (κ2) is 10.3. The zero-order valence-corrected chi connectivity index (χ0v) is 18.8. The molecule has 2 aromatic rings. The van der Waals surface area contributed by atoms with Crippen LogP contribution in [0.1, 0.15) is 53.0 Å². The topological polar surface area (TPSA) is 58.6 Å². The van der Waals surface area contributed by atoms with E-state index in [1.165, 1.54) is 11.1 Å². The standard InChI is InChI=1S/C25H34N4O2/c1-19-6-3-4-7-22(19)17-28-11-9-21(10-12-28)16-29(18-23-8-5-13-31-23)25(30)24-15-26-20(2)14-27-24/h3-4,6-7,14-15,21,23H,5,8-13,16-18H2,1-2H3. The fourth-order valence-electron chi connectivity index (χ4n) is 4.61. The third-order valence-electron chi connectivity index (χ3n) is 6.58. The number of likely N-dealkylation sites (tertiary alicyclic amines) is 1. The van der Waals surface area contributed by atoms with Crippen LogP contribution in [0, 0.1) is 19.8 Å². The molecule has 2 aliphatic rings. The average Bonchev–Trinajstić information content (AvgIpc) is 3.29.